The van der Waals surface area contributed by atoms with Crippen molar-refractivity contribution in [3.8, 4) is 5.75 Å². The van der Waals surface area contributed by atoms with Gasteiger partial charge >= 0.3 is 0 Å². The van der Waals surface area contributed by atoms with Gasteiger partial charge in [-0.25, -0.2) is 0 Å². The molecule has 1 aliphatic rings. The van der Waals surface area contributed by atoms with Gasteiger partial charge in [-0.05, 0) is 50.3 Å². The Morgan fingerprint density at radius 1 is 1.17 bits per heavy atom. The molecule has 0 radical (unpaired) electrons. The van der Waals surface area contributed by atoms with Gasteiger partial charge in [-0.2, -0.15) is 0 Å². The zero-order valence-corrected chi connectivity index (χ0v) is 14.0. The summed E-state index contributed by atoms with van der Waals surface area (Å²) < 4.78 is 5.75. The molecule has 126 valence electrons. The Hall–Kier alpha value is -2.04. The molecule has 1 aromatic carbocycles. The van der Waals surface area contributed by atoms with Gasteiger partial charge in [0.25, 0.3) is 0 Å². The van der Waals surface area contributed by atoms with Gasteiger partial charge in [-0.1, -0.05) is 12.1 Å². The van der Waals surface area contributed by atoms with Gasteiger partial charge in [0.2, 0.25) is 11.8 Å². The Morgan fingerprint density at radius 3 is 2.83 bits per heavy atom. The van der Waals surface area contributed by atoms with Crippen LogP contribution >= 0.6 is 0 Å². The van der Waals surface area contributed by atoms with E-state index in [0.29, 0.717) is 19.6 Å². The Balaban J connectivity index is 2.03. The van der Waals surface area contributed by atoms with E-state index in [1.807, 2.05) is 24.3 Å². The van der Waals surface area contributed by atoms with Crippen molar-refractivity contribution in [2.24, 2.45) is 0 Å². The number of amides is 2. The van der Waals surface area contributed by atoms with Gasteiger partial charge in [0.15, 0.2) is 0 Å². The summed E-state index contributed by atoms with van der Waals surface area (Å²) in [6, 6.07) is 7.54. The van der Waals surface area contributed by atoms with Crippen LogP contribution in [-0.2, 0) is 16.0 Å². The fourth-order valence-corrected chi connectivity index (χ4v) is 2.58. The van der Waals surface area contributed by atoms with Gasteiger partial charge in [0, 0.05) is 20.0 Å². The summed E-state index contributed by atoms with van der Waals surface area (Å²) in [7, 11) is 1.70. The number of likely N-dealkylation sites (N-methyl/N-ethyl adjacent to an activating group) is 1. The molecule has 1 atom stereocenters. The molecule has 2 rings (SSSR count). The van der Waals surface area contributed by atoms with Gasteiger partial charge in [0.05, 0.1) is 6.61 Å². The second-order valence-electron chi connectivity index (χ2n) is 6.03. The number of hydrogen-bond donors (Lipinski definition) is 1. The smallest absolute Gasteiger partial charge is 0.242 e. The molecule has 5 heteroatoms. The van der Waals surface area contributed by atoms with Gasteiger partial charge < -0.3 is 15.0 Å². The zero-order chi connectivity index (χ0) is 16.7. The molecule has 1 N–H and O–H groups in total. The maximum absolute atomic E-state index is 12.2. The highest BCUT2D eigenvalue weighted by Crippen LogP contribution is 2.15. The Bertz CT molecular complexity index is 545. The van der Waals surface area contributed by atoms with Gasteiger partial charge in [-0.3, -0.25) is 9.59 Å². The van der Waals surface area contributed by atoms with Crippen LogP contribution in [0.25, 0.3) is 0 Å². The number of rotatable bonds is 0. The molecule has 0 aromatic heterocycles. The lowest BCUT2D eigenvalue weighted by Crippen LogP contribution is -2.46. The van der Waals surface area contributed by atoms with Gasteiger partial charge in [0.1, 0.15) is 11.8 Å². The topological polar surface area (TPSA) is 58.6 Å². The average molecular weight is 318 g/mol. The molecule has 1 aromatic rings. The molecule has 0 saturated carbocycles. The van der Waals surface area contributed by atoms with E-state index in [2.05, 4.69) is 5.32 Å². The SMILES string of the molecule is CC1C(=O)NCCc2cccc(c2)OCCCCCC(=O)N1C. The summed E-state index contributed by atoms with van der Waals surface area (Å²) >= 11 is 0. The van der Waals surface area contributed by atoms with Crippen LogP contribution in [0.4, 0.5) is 0 Å². The summed E-state index contributed by atoms with van der Waals surface area (Å²) in [4.78, 5) is 25.8. The molecular weight excluding hydrogens is 292 g/mol. The molecule has 0 aliphatic carbocycles. The molecule has 2 amide bonds. The second-order valence-corrected chi connectivity index (χ2v) is 6.03. The summed E-state index contributed by atoms with van der Waals surface area (Å²) in [5.41, 5.74) is 1.13. The molecule has 2 bridgehead atoms. The first-order chi connectivity index (χ1) is 11.1. The highest BCUT2D eigenvalue weighted by Gasteiger charge is 2.21. The number of fused-ring (bicyclic) bond motifs is 2. The van der Waals surface area contributed by atoms with Crippen LogP contribution in [0, 0.1) is 0 Å². The number of nitrogens with one attached hydrogen (secondary N) is 1. The number of benzene rings is 1. The maximum atomic E-state index is 12.2. The lowest BCUT2D eigenvalue weighted by atomic mass is 10.1. The van der Waals surface area contributed by atoms with E-state index in [4.69, 9.17) is 4.74 Å². The van der Waals surface area contributed by atoms with Crippen molar-refractivity contribution < 1.29 is 14.3 Å². The fourth-order valence-electron chi connectivity index (χ4n) is 2.58. The van der Waals surface area contributed by atoms with Crippen LogP contribution in [0.3, 0.4) is 0 Å². The lowest BCUT2D eigenvalue weighted by molar-refractivity contribution is -0.138. The van der Waals surface area contributed by atoms with E-state index in [1.165, 1.54) is 4.90 Å². The lowest BCUT2D eigenvalue weighted by Gasteiger charge is -2.24. The van der Waals surface area contributed by atoms with Crippen molar-refractivity contribution >= 4 is 11.8 Å². The van der Waals surface area contributed by atoms with Crippen LogP contribution in [-0.4, -0.2) is 43.0 Å². The molecule has 1 aliphatic heterocycles. The van der Waals surface area contributed by atoms with E-state index >= 15 is 0 Å². The van der Waals surface area contributed by atoms with E-state index in [-0.39, 0.29) is 11.8 Å². The molecule has 23 heavy (non-hydrogen) atoms. The van der Waals surface area contributed by atoms with E-state index in [1.54, 1.807) is 14.0 Å². The first kappa shape index (κ1) is 17.3. The predicted octanol–water partition coefficient (Wildman–Crippen LogP) is 2.14. The first-order valence-corrected chi connectivity index (χ1v) is 8.33. The summed E-state index contributed by atoms with van der Waals surface area (Å²) in [6.07, 6.45) is 3.91. The van der Waals surface area contributed by atoms with Gasteiger partial charge in [-0.15, -0.1) is 0 Å². The highest BCUT2D eigenvalue weighted by atomic mass is 16.5. The second kappa shape index (κ2) is 8.56. The van der Waals surface area contributed by atoms with Crippen LogP contribution in [0.1, 0.15) is 38.2 Å². The molecule has 0 fully saturated rings. The Morgan fingerprint density at radius 2 is 2.00 bits per heavy atom. The largest absolute Gasteiger partial charge is 0.494 e. The monoisotopic (exact) mass is 318 g/mol. The minimum atomic E-state index is -0.440. The Labute approximate surface area is 138 Å². The van der Waals surface area contributed by atoms with Crippen molar-refractivity contribution in [2.45, 2.75) is 45.1 Å². The number of carbonyl (C=O) groups excluding carboxylic acids is 2. The predicted molar refractivity (Wildman–Crippen MR) is 89.4 cm³/mol. The Kier molecular flexibility index (Phi) is 6.44. The minimum absolute atomic E-state index is 0.0193. The first-order valence-electron chi connectivity index (χ1n) is 8.33. The normalized spacial score (nSPS) is 21.5. The summed E-state index contributed by atoms with van der Waals surface area (Å²) in [5.74, 6) is 0.774. The third-order valence-electron chi connectivity index (χ3n) is 4.27. The minimum Gasteiger partial charge on any atom is -0.494 e. The van der Waals surface area contributed by atoms with Crippen LogP contribution in [0.5, 0.6) is 5.75 Å². The van der Waals surface area contributed by atoms with Crippen molar-refractivity contribution in [2.75, 3.05) is 20.2 Å². The van der Waals surface area contributed by atoms with Crippen molar-refractivity contribution in [1.82, 2.24) is 10.2 Å². The summed E-state index contributed by atoms with van der Waals surface area (Å²) in [5, 5.41) is 2.90. The van der Waals surface area contributed by atoms with E-state index in [9.17, 15) is 9.59 Å². The van der Waals surface area contributed by atoms with E-state index in [0.717, 1.165) is 37.0 Å². The van der Waals surface area contributed by atoms with Crippen LogP contribution in [0.2, 0.25) is 0 Å². The third kappa shape index (κ3) is 5.27. The standard InChI is InChI=1S/C18H26N2O3/c1-14-18(22)19-11-10-15-7-6-8-16(13-15)23-12-5-3-4-9-17(21)20(14)2/h6-8,13-14H,3-5,9-12H2,1-2H3,(H,19,22). The van der Waals surface area contributed by atoms with Crippen LogP contribution in [0.15, 0.2) is 24.3 Å². The molecule has 0 spiro atoms. The fraction of sp³-hybridized carbons (Fsp3) is 0.556. The number of nitrogens with zero attached hydrogens (tertiary/aromatic N) is 1. The quantitative estimate of drug-likeness (QED) is 0.797. The van der Waals surface area contributed by atoms with Crippen molar-refractivity contribution in [3.05, 3.63) is 29.8 Å². The number of carbonyl (C=O) groups is 2. The molecular formula is C18H26N2O3. The third-order valence-corrected chi connectivity index (χ3v) is 4.27. The van der Waals surface area contributed by atoms with Crippen LogP contribution < -0.4 is 10.1 Å². The number of ether oxygens (including phenoxy) is 1. The van der Waals surface area contributed by atoms with Crippen molar-refractivity contribution in [1.29, 1.82) is 0 Å². The number of hydrogen-bond acceptors (Lipinski definition) is 3. The molecule has 1 heterocycles. The molecule has 0 saturated heterocycles. The molecule has 1 unspecified atom stereocenters. The zero-order valence-electron chi connectivity index (χ0n) is 14.0. The van der Waals surface area contributed by atoms with E-state index < -0.39 is 6.04 Å². The van der Waals surface area contributed by atoms with Crippen molar-refractivity contribution in [3.63, 3.8) is 0 Å². The highest BCUT2D eigenvalue weighted by molar-refractivity contribution is 5.87. The average Bonchev–Trinajstić information content (AvgIpc) is 2.56. The molecule has 5 nitrogen and oxygen atoms in total. The summed E-state index contributed by atoms with van der Waals surface area (Å²) in [6.45, 7) is 2.99. The maximum Gasteiger partial charge on any atom is 0.242 e.